The monoisotopic (exact) mass is 483 g/mol. The van der Waals surface area contributed by atoms with Gasteiger partial charge in [-0.05, 0) is 42.5 Å². The van der Waals surface area contributed by atoms with E-state index in [1.807, 2.05) is 0 Å². The maximum atomic E-state index is 12.9. The van der Waals surface area contributed by atoms with E-state index in [-0.39, 0.29) is 19.7 Å². The molecule has 6 nitrogen and oxygen atoms in total. The molecule has 3 aromatic rings. The van der Waals surface area contributed by atoms with E-state index in [0.717, 1.165) is 13.1 Å². The fraction of sp³-hybridized carbons (Fsp3) is 0.188. The summed E-state index contributed by atoms with van der Waals surface area (Å²) in [6, 6.07) is 9.10. The van der Waals surface area contributed by atoms with Gasteiger partial charge in [-0.15, -0.1) is 15.1 Å². The maximum Gasteiger partial charge on any atom is 0.433 e. The van der Waals surface area contributed by atoms with Crippen LogP contribution in [0.25, 0.3) is 10.6 Å². The Labute approximate surface area is 174 Å². The first-order valence-corrected chi connectivity index (χ1v) is 12.3. The summed E-state index contributed by atoms with van der Waals surface area (Å²) in [6.07, 6.45) is -3.41. The molecule has 0 bridgehead atoms. The summed E-state index contributed by atoms with van der Waals surface area (Å²) < 4.78 is 80.8. The van der Waals surface area contributed by atoms with Crippen LogP contribution < -0.4 is 0 Å². The van der Waals surface area contributed by atoms with Gasteiger partial charge in [0.15, 0.2) is 0 Å². The van der Waals surface area contributed by atoms with Crippen molar-refractivity contribution in [3.63, 3.8) is 0 Å². The Morgan fingerprint density at radius 1 is 1.10 bits per heavy atom. The first-order chi connectivity index (χ1) is 13.3. The molecular weight excluding hydrogens is 471 g/mol. The van der Waals surface area contributed by atoms with E-state index in [2.05, 4.69) is 8.87 Å². The van der Waals surface area contributed by atoms with Crippen molar-refractivity contribution in [2.45, 2.75) is 15.3 Å². The van der Waals surface area contributed by atoms with E-state index in [0.29, 0.717) is 21.0 Å². The number of aromatic nitrogens is 2. The third-order valence-electron chi connectivity index (χ3n) is 3.75. The normalized spacial score (nSPS) is 14.6. The van der Waals surface area contributed by atoms with Crippen LogP contribution >= 0.6 is 22.9 Å². The SMILES string of the molecule is Cn1nc(-c2ccc(S(=O)(=O)N=[S@@](C)(=O)c3ccc(Cl)cc3)s2)cc1C(F)(F)F. The van der Waals surface area contributed by atoms with Crippen molar-refractivity contribution in [3.8, 4) is 10.6 Å². The predicted octanol–water partition coefficient (Wildman–Crippen LogP) is 4.67. The van der Waals surface area contributed by atoms with Crippen LogP contribution in [0.3, 0.4) is 0 Å². The molecule has 29 heavy (non-hydrogen) atoms. The molecule has 0 fully saturated rings. The zero-order chi connectivity index (χ0) is 21.6. The lowest BCUT2D eigenvalue weighted by Crippen LogP contribution is -2.11. The van der Waals surface area contributed by atoms with Crippen LogP contribution in [-0.4, -0.2) is 28.7 Å². The van der Waals surface area contributed by atoms with E-state index in [1.54, 1.807) is 0 Å². The minimum Gasteiger partial charge on any atom is -0.263 e. The minimum atomic E-state index is -4.59. The first-order valence-electron chi connectivity index (χ1n) is 7.75. The summed E-state index contributed by atoms with van der Waals surface area (Å²) in [4.78, 5) is 0.390. The van der Waals surface area contributed by atoms with Gasteiger partial charge in [-0.1, -0.05) is 11.6 Å². The second-order valence-corrected chi connectivity index (χ2v) is 11.8. The fourth-order valence-electron chi connectivity index (χ4n) is 2.40. The molecule has 0 spiro atoms. The Morgan fingerprint density at radius 2 is 1.72 bits per heavy atom. The molecule has 0 amide bonds. The number of alkyl halides is 3. The van der Waals surface area contributed by atoms with Crippen LogP contribution in [0.1, 0.15) is 5.69 Å². The second kappa shape index (κ2) is 7.42. The van der Waals surface area contributed by atoms with E-state index < -0.39 is 31.6 Å². The minimum absolute atomic E-state index is 0.0267. The highest BCUT2D eigenvalue weighted by molar-refractivity contribution is 8.03. The van der Waals surface area contributed by atoms with Gasteiger partial charge in [0.2, 0.25) is 0 Å². The molecule has 0 saturated heterocycles. The number of nitrogens with zero attached hydrogens (tertiary/aromatic N) is 3. The molecule has 0 saturated carbocycles. The number of rotatable bonds is 4. The highest BCUT2D eigenvalue weighted by Gasteiger charge is 2.35. The Morgan fingerprint density at radius 3 is 2.28 bits per heavy atom. The van der Waals surface area contributed by atoms with Gasteiger partial charge < -0.3 is 0 Å². The van der Waals surface area contributed by atoms with Crippen molar-refractivity contribution >= 4 is 42.7 Å². The van der Waals surface area contributed by atoms with Crippen LogP contribution in [0, 0.1) is 0 Å². The van der Waals surface area contributed by atoms with Crippen LogP contribution in [-0.2, 0) is 33.0 Å². The molecular formula is C16H13ClF3N3O3S3. The van der Waals surface area contributed by atoms with E-state index in [9.17, 15) is 25.8 Å². The molecule has 13 heteroatoms. The van der Waals surface area contributed by atoms with Gasteiger partial charge >= 0.3 is 6.18 Å². The average Bonchev–Trinajstić information content (AvgIpc) is 3.20. The number of hydrogen-bond acceptors (Lipinski definition) is 5. The van der Waals surface area contributed by atoms with Gasteiger partial charge in [0.05, 0.1) is 14.6 Å². The molecule has 1 aromatic carbocycles. The molecule has 3 rings (SSSR count). The number of hydrogen-bond donors (Lipinski definition) is 0. The van der Waals surface area contributed by atoms with E-state index in [4.69, 9.17) is 11.6 Å². The van der Waals surface area contributed by atoms with Crippen molar-refractivity contribution in [2.75, 3.05) is 6.26 Å². The predicted molar refractivity (Wildman–Crippen MR) is 105 cm³/mol. The Kier molecular flexibility index (Phi) is 5.58. The van der Waals surface area contributed by atoms with E-state index in [1.165, 1.54) is 42.7 Å². The number of thiophene rings is 1. The van der Waals surface area contributed by atoms with Crippen molar-refractivity contribution in [1.82, 2.24) is 9.78 Å². The number of benzene rings is 1. The smallest absolute Gasteiger partial charge is 0.263 e. The van der Waals surface area contributed by atoms with Gasteiger partial charge in [0.1, 0.15) is 15.6 Å². The third kappa shape index (κ3) is 4.65. The number of sulfonamides is 1. The lowest BCUT2D eigenvalue weighted by Gasteiger charge is -2.04. The highest BCUT2D eigenvalue weighted by Crippen LogP contribution is 2.35. The molecule has 2 aromatic heterocycles. The van der Waals surface area contributed by atoms with Gasteiger partial charge in [-0.25, -0.2) is 4.21 Å². The largest absolute Gasteiger partial charge is 0.433 e. The third-order valence-corrected chi connectivity index (χ3v) is 9.50. The van der Waals surface area contributed by atoms with Crippen molar-refractivity contribution in [2.24, 2.45) is 10.8 Å². The Bertz CT molecular complexity index is 1290. The molecule has 0 aliphatic carbocycles. The molecule has 156 valence electrons. The summed E-state index contributed by atoms with van der Waals surface area (Å²) in [7, 11) is -6.47. The lowest BCUT2D eigenvalue weighted by atomic mass is 10.3. The molecule has 0 unspecified atom stereocenters. The standard InChI is InChI=1S/C16H13ClF3N3O3S3/c1-23-14(16(18,19)20)9-12(21-23)13-7-8-15(27-13)29(25,26)22-28(2,24)11-5-3-10(17)4-6-11/h3-9H,1-2H3/t28-/m0/s1. The average molecular weight is 484 g/mol. The molecule has 0 aliphatic rings. The van der Waals surface area contributed by atoms with Crippen LogP contribution in [0.4, 0.5) is 13.2 Å². The molecule has 2 heterocycles. The summed E-state index contributed by atoms with van der Waals surface area (Å²) in [5, 5.41) is 4.18. The van der Waals surface area contributed by atoms with Crippen molar-refractivity contribution in [1.29, 1.82) is 0 Å². The van der Waals surface area contributed by atoms with Gasteiger partial charge in [-0.2, -0.15) is 26.7 Å². The van der Waals surface area contributed by atoms with Crippen molar-refractivity contribution < 1.29 is 25.8 Å². The lowest BCUT2D eigenvalue weighted by molar-refractivity contribution is -0.143. The summed E-state index contributed by atoms with van der Waals surface area (Å²) in [6.45, 7) is 0. The van der Waals surface area contributed by atoms with Crippen LogP contribution in [0.2, 0.25) is 5.02 Å². The zero-order valence-corrected chi connectivity index (χ0v) is 18.0. The Hall–Kier alpha value is -1.89. The fourth-order valence-corrected chi connectivity index (χ4v) is 7.20. The van der Waals surface area contributed by atoms with Gasteiger partial charge in [-0.3, -0.25) is 4.68 Å². The summed E-state index contributed by atoms with van der Waals surface area (Å²) in [5.74, 6) is 0. The summed E-state index contributed by atoms with van der Waals surface area (Å²) >= 11 is 6.47. The van der Waals surface area contributed by atoms with Crippen LogP contribution in [0.15, 0.2) is 55.3 Å². The highest BCUT2D eigenvalue weighted by atomic mass is 35.5. The maximum absolute atomic E-state index is 12.9. The molecule has 0 radical (unpaired) electrons. The molecule has 0 N–H and O–H groups in total. The van der Waals surface area contributed by atoms with E-state index >= 15 is 0 Å². The van der Waals surface area contributed by atoms with Gasteiger partial charge in [0.25, 0.3) is 10.0 Å². The Balaban J connectivity index is 1.99. The quantitative estimate of drug-likeness (QED) is 0.540. The zero-order valence-electron chi connectivity index (χ0n) is 14.8. The topological polar surface area (TPSA) is 81.4 Å². The molecule has 0 aliphatic heterocycles. The first kappa shape index (κ1) is 21.8. The van der Waals surface area contributed by atoms with Crippen LogP contribution in [0.5, 0.6) is 0 Å². The van der Waals surface area contributed by atoms with Crippen molar-refractivity contribution in [3.05, 3.63) is 53.2 Å². The second-order valence-electron chi connectivity index (χ2n) is 5.96. The summed E-state index contributed by atoms with van der Waals surface area (Å²) in [5.41, 5.74) is -0.990. The number of halogens is 4. The van der Waals surface area contributed by atoms with Gasteiger partial charge in [0, 0.05) is 23.2 Å². The number of aryl methyl sites for hydroxylation is 1. The molecule has 1 atom stereocenters.